The summed E-state index contributed by atoms with van der Waals surface area (Å²) in [6, 6.07) is 4.13. The molecular weight excluding hydrogens is 480 g/mol. The van der Waals surface area contributed by atoms with Crippen molar-refractivity contribution in [2.75, 3.05) is 0 Å². The second-order valence-corrected chi connectivity index (χ2v) is 10.7. The lowest BCUT2D eigenvalue weighted by Gasteiger charge is -2.44. The number of sulfone groups is 1. The summed E-state index contributed by atoms with van der Waals surface area (Å²) >= 11 is 0. The van der Waals surface area contributed by atoms with Gasteiger partial charge in [-0.3, -0.25) is 9.89 Å². The Kier molecular flexibility index (Phi) is 6.19. The number of H-pyrrole nitrogens is 1. The third-order valence-corrected chi connectivity index (χ3v) is 8.21. The smallest absolute Gasteiger partial charge is 0.406 e. The number of nitrogens with zero attached hydrogens (tertiary/aromatic N) is 1. The average Bonchev–Trinajstić information content (AvgIpc) is 3.13. The summed E-state index contributed by atoms with van der Waals surface area (Å²) in [5.41, 5.74) is -1.64. The molecule has 3 rings (SSSR count). The quantitative estimate of drug-likeness (QED) is 0.584. The number of carbonyl (C=O) groups excluding carboxylic acids is 1. The summed E-state index contributed by atoms with van der Waals surface area (Å²) < 4.78 is 104. The van der Waals surface area contributed by atoms with Crippen molar-refractivity contribution in [3.05, 3.63) is 41.7 Å². The van der Waals surface area contributed by atoms with E-state index in [-0.39, 0.29) is 17.7 Å². The topological polar surface area (TPSA) is 101 Å². The molecule has 1 amide bonds. The van der Waals surface area contributed by atoms with Gasteiger partial charge in [-0.25, -0.2) is 8.42 Å². The van der Waals surface area contributed by atoms with Crippen LogP contribution in [-0.4, -0.2) is 41.7 Å². The van der Waals surface area contributed by atoms with Crippen LogP contribution >= 0.6 is 0 Å². The summed E-state index contributed by atoms with van der Waals surface area (Å²) in [5, 5.41) is 7.56. The number of carbonyl (C=O) groups is 1. The number of nitrogens with one attached hydrogen (secondary N) is 2. The SMILES string of the molecule is CC(C)(C1CC(NC(=O)c2cc(C(F)(F)F)[nH]n2)C1)S(=O)(=O)c1cccc(OC(F)(F)F)c1. The monoisotopic (exact) mass is 499 g/mol. The lowest BCUT2D eigenvalue weighted by molar-refractivity contribution is -0.274. The number of aromatic nitrogens is 2. The number of alkyl halides is 6. The fraction of sp³-hybridized carbons (Fsp3) is 0.474. The first-order chi connectivity index (χ1) is 15.0. The largest absolute Gasteiger partial charge is 0.573 e. The molecule has 14 heteroatoms. The molecule has 0 radical (unpaired) electrons. The molecule has 2 aromatic rings. The maximum Gasteiger partial charge on any atom is 0.573 e. The van der Waals surface area contributed by atoms with Crippen LogP contribution in [0.2, 0.25) is 0 Å². The van der Waals surface area contributed by atoms with Gasteiger partial charge in [-0.05, 0) is 50.8 Å². The van der Waals surface area contributed by atoms with Gasteiger partial charge in [0.25, 0.3) is 5.91 Å². The number of hydrogen-bond acceptors (Lipinski definition) is 5. The van der Waals surface area contributed by atoms with Gasteiger partial charge in [0, 0.05) is 12.1 Å². The molecule has 0 aliphatic heterocycles. The van der Waals surface area contributed by atoms with Gasteiger partial charge in [0.15, 0.2) is 15.5 Å². The highest BCUT2D eigenvalue weighted by atomic mass is 32.2. The minimum atomic E-state index is -4.98. The van der Waals surface area contributed by atoms with E-state index in [2.05, 4.69) is 15.2 Å². The highest BCUT2D eigenvalue weighted by molar-refractivity contribution is 7.92. The van der Waals surface area contributed by atoms with E-state index in [9.17, 15) is 39.6 Å². The fourth-order valence-electron chi connectivity index (χ4n) is 3.51. The zero-order valence-electron chi connectivity index (χ0n) is 17.2. The van der Waals surface area contributed by atoms with Crippen LogP contribution in [0.1, 0.15) is 42.9 Å². The molecule has 1 aromatic carbocycles. The zero-order valence-corrected chi connectivity index (χ0v) is 18.0. The molecule has 182 valence electrons. The van der Waals surface area contributed by atoms with E-state index < -0.39 is 62.1 Å². The molecular formula is C19H19F6N3O4S. The summed E-state index contributed by atoms with van der Waals surface area (Å²) in [5.74, 6) is -1.98. The number of ether oxygens (including phenoxy) is 1. The minimum absolute atomic E-state index is 0.202. The molecule has 1 heterocycles. The second kappa shape index (κ2) is 8.22. The average molecular weight is 499 g/mol. The number of hydrogen-bond donors (Lipinski definition) is 2. The molecule has 0 atom stereocenters. The Morgan fingerprint density at radius 2 is 1.76 bits per heavy atom. The highest BCUT2D eigenvalue weighted by Crippen LogP contribution is 2.44. The van der Waals surface area contributed by atoms with Gasteiger partial charge in [-0.1, -0.05) is 6.07 Å². The molecule has 1 aliphatic rings. The minimum Gasteiger partial charge on any atom is -0.406 e. The predicted molar refractivity (Wildman–Crippen MR) is 102 cm³/mol. The highest BCUT2D eigenvalue weighted by Gasteiger charge is 2.49. The van der Waals surface area contributed by atoms with Gasteiger partial charge in [-0.2, -0.15) is 18.3 Å². The second-order valence-electron chi connectivity index (χ2n) is 8.13. The van der Waals surface area contributed by atoms with Crippen molar-refractivity contribution in [2.45, 2.75) is 54.9 Å². The lowest BCUT2D eigenvalue weighted by Crippen LogP contribution is -2.53. The number of halogens is 6. The Hall–Kier alpha value is -2.77. The van der Waals surface area contributed by atoms with E-state index in [1.165, 1.54) is 13.8 Å². The number of amides is 1. The van der Waals surface area contributed by atoms with Gasteiger partial charge in [0.1, 0.15) is 11.4 Å². The van der Waals surface area contributed by atoms with Gasteiger partial charge in [0.05, 0.1) is 9.64 Å². The Balaban J connectivity index is 1.66. The molecule has 2 N–H and O–H groups in total. The van der Waals surface area contributed by atoms with Crippen LogP contribution in [0.15, 0.2) is 35.2 Å². The summed E-state index contributed by atoms with van der Waals surface area (Å²) in [4.78, 5) is 11.8. The normalized spacial score (nSPS) is 19.6. The Morgan fingerprint density at radius 3 is 2.30 bits per heavy atom. The maximum atomic E-state index is 13.1. The van der Waals surface area contributed by atoms with E-state index in [1.807, 2.05) is 0 Å². The zero-order chi connectivity index (χ0) is 24.8. The van der Waals surface area contributed by atoms with Crippen molar-refractivity contribution in [1.82, 2.24) is 15.5 Å². The van der Waals surface area contributed by atoms with E-state index in [0.717, 1.165) is 24.3 Å². The molecule has 0 saturated heterocycles. The maximum absolute atomic E-state index is 13.1. The van der Waals surface area contributed by atoms with Crippen molar-refractivity contribution >= 4 is 15.7 Å². The predicted octanol–water partition coefficient (Wildman–Crippen LogP) is 4.09. The Labute approximate surface area is 184 Å². The molecule has 1 saturated carbocycles. The van der Waals surface area contributed by atoms with Crippen molar-refractivity contribution in [3.63, 3.8) is 0 Å². The van der Waals surface area contributed by atoms with Gasteiger partial charge in [0.2, 0.25) is 0 Å². The van der Waals surface area contributed by atoms with Crippen LogP contribution in [0.4, 0.5) is 26.3 Å². The standard InChI is InChI=1S/C19H19F6N3O4S/c1-17(2,33(30,31)13-5-3-4-12(8-13)32-19(23,24)25)10-6-11(7-10)26-16(29)14-9-15(28-27-14)18(20,21)22/h3-5,8-11H,6-7H2,1-2H3,(H,26,29)(H,27,28). The van der Waals surface area contributed by atoms with Gasteiger partial charge >= 0.3 is 12.5 Å². The van der Waals surface area contributed by atoms with Crippen LogP contribution in [0, 0.1) is 5.92 Å². The van der Waals surface area contributed by atoms with Gasteiger partial charge < -0.3 is 10.1 Å². The first-order valence-electron chi connectivity index (χ1n) is 9.54. The van der Waals surface area contributed by atoms with Crippen LogP contribution in [-0.2, 0) is 16.0 Å². The van der Waals surface area contributed by atoms with Crippen LogP contribution < -0.4 is 10.1 Å². The molecule has 0 spiro atoms. The molecule has 1 aliphatic carbocycles. The lowest BCUT2D eigenvalue weighted by atomic mass is 9.73. The van der Waals surface area contributed by atoms with Crippen molar-refractivity contribution in [2.24, 2.45) is 5.92 Å². The number of benzene rings is 1. The molecule has 7 nitrogen and oxygen atoms in total. The molecule has 1 aromatic heterocycles. The number of rotatable bonds is 6. The van der Waals surface area contributed by atoms with E-state index >= 15 is 0 Å². The fourth-order valence-corrected chi connectivity index (χ4v) is 5.28. The molecule has 0 unspecified atom stereocenters. The number of aromatic amines is 1. The van der Waals surface area contributed by atoms with E-state index in [0.29, 0.717) is 6.07 Å². The van der Waals surface area contributed by atoms with E-state index in [4.69, 9.17) is 0 Å². The van der Waals surface area contributed by atoms with E-state index in [1.54, 1.807) is 5.10 Å². The third-order valence-electron chi connectivity index (χ3n) is 5.61. The van der Waals surface area contributed by atoms with Crippen molar-refractivity contribution in [1.29, 1.82) is 0 Å². The molecule has 33 heavy (non-hydrogen) atoms. The third kappa shape index (κ3) is 5.25. The van der Waals surface area contributed by atoms with Crippen molar-refractivity contribution < 1.29 is 44.3 Å². The van der Waals surface area contributed by atoms with Crippen LogP contribution in [0.25, 0.3) is 0 Å². The summed E-state index contributed by atoms with van der Waals surface area (Å²) in [6.07, 6.45) is -9.26. The molecule has 0 bridgehead atoms. The van der Waals surface area contributed by atoms with Crippen LogP contribution in [0.5, 0.6) is 5.75 Å². The molecule has 1 fully saturated rings. The van der Waals surface area contributed by atoms with Gasteiger partial charge in [-0.15, -0.1) is 13.2 Å². The first kappa shape index (κ1) is 24.9. The summed E-state index contributed by atoms with van der Waals surface area (Å²) in [6.45, 7) is 2.84. The Morgan fingerprint density at radius 1 is 1.12 bits per heavy atom. The van der Waals surface area contributed by atoms with Crippen LogP contribution in [0.3, 0.4) is 0 Å². The Bertz CT molecular complexity index is 1130. The summed E-state index contributed by atoms with van der Waals surface area (Å²) in [7, 11) is -4.10. The van der Waals surface area contributed by atoms with Crippen molar-refractivity contribution in [3.8, 4) is 5.75 Å². The first-order valence-corrected chi connectivity index (χ1v) is 11.0.